The first-order valence-electron chi connectivity index (χ1n) is 11.0. The molecule has 0 saturated carbocycles. The second kappa shape index (κ2) is 10.6. The summed E-state index contributed by atoms with van der Waals surface area (Å²) in [5, 5.41) is 18.5. The van der Waals surface area contributed by atoms with Gasteiger partial charge in [-0.15, -0.1) is 0 Å². The average molecular weight is 509 g/mol. The van der Waals surface area contributed by atoms with Gasteiger partial charge in [0.25, 0.3) is 11.6 Å². The number of benzene rings is 3. The Hall–Kier alpha value is -4.24. The summed E-state index contributed by atoms with van der Waals surface area (Å²) in [5.41, 5.74) is 3.21. The number of rotatable bonds is 8. The van der Waals surface area contributed by atoms with Crippen LogP contribution in [0.15, 0.2) is 66.7 Å². The summed E-state index contributed by atoms with van der Waals surface area (Å²) < 4.78 is 20.7. The number of nitrogens with zero attached hydrogens (tertiary/aromatic N) is 3. The zero-order valence-electron chi connectivity index (χ0n) is 19.5. The van der Waals surface area contributed by atoms with Gasteiger partial charge in [-0.25, -0.2) is 4.39 Å². The lowest BCUT2D eigenvalue weighted by Gasteiger charge is -2.09. The molecule has 1 amide bonds. The van der Waals surface area contributed by atoms with Crippen molar-refractivity contribution >= 4 is 29.0 Å². The van der Waals surface area contributed by atoms with E-state index in [2.05, 4.69) is 10.4 Å². The minimum Gasteiger partial charge on any atom is -0.489 e. The molecule has 0 aliphatic heterocycles. The van der Waals surface area contributed by atoms with Gasteiger partial charge in [0.05, 0.1) is 11.5 Å². The van der Waals surface area contributed by atoms with Gasteiger partial charge in [0, 0.05) is 34.0 Å². The topological polar surface area (TPSA) is 99.3 Å². The summed E-state index contributed by atoms with van der Waals surface area (Å²) in [6.07, 6.45) is 0. The Morgan fingerprint density at radius 2 is 1.94 bits per heavy atom. The van der Waals surface area contributed by atoms with Crippen molar-refractivity contribution in [1.82, 2.24) is 9.78 Å². The van der Waals surface area contributed by atoms with Crippen LogP contribution >= 0.6 is 11.6 Å². The fourth-order valence-corrected chi connectivity index (χ4v) is 3.85. The molecule has 8 nitrogen and oxygen atoms in total. The summed E-state index contributed by atoms with van der Waals surface area (Å²) in [4.78, 5) is 23.4. The molecule has 184 valence electrons. The van der Waals surface area contributed by atoms with Crippen molar-refractivity contribution in [1.29, 1.82) is 0 Å². The van der Waals surface area contributed by atoms with Crippen LogP contribution in [0.2, 0.25) is 5.02 Å². The molecule has 0 saturated heterocycles. The van der Waals surface area contributed by atoms with Crippen LogP contribution in [0, 0.1) is 29.8 Å². The molecule has 4 rings (SSSR count). The molecular formula is C26H22ClFN4O4. The van der Waals surface area contributed by atoms with Gasteiger partial charge in [0.15, 0.2) is 5.82 Å². The smallest absolute Gasteiger partial charge is 0.272 e. The number of aromatic nitrogens is 2. The first kappa shape index (κ1) is 24.9. The minimum atomic E-state index is -0.441. The second-order valence-corrected chi connectivity index (χ2v) is 8.62. The van der Waals surface area contributed by atoms with E-state index in [0.717, 1.165) is 11.3 Å². The molecule has 0 atom stereocenters. The molecule has 0 aliphatic rings. The largest absolute Gasteiger partial charge is 0.489 e. The van der Waals surface area contributed by atoms with E-state index < -0.39 is 10.7 Å². The highest BCUT2D eigenvalue weighted by Gasteiger charge is 2.13. The maximum absolute atomic E-state index is 13.3. The lowest BCUT2D eigenvalue weighted by atomic mass is 10.1. The van der Waals surface area contributed by atoms with Gasteiger partial charge in [-0.05, 0) is 61.4 Å². The highest BCUT2D eigenvalue weighted by molar-refractivity contribution is 6.31. The minimum absolute atomic E-state index is 0.0273. The molecule has 0 fully saturated rings. The van der Waals surface area contributed by atoms with E-state index in [9.17, 15) is 19.3 Å². The lowest BCUT2D eigenvalue weighted by Crippen LogP contribution is -2.13. The normalized spacial score (nSPS) is 10.8. The molecule has 1 aromatic heterocycles. The highest BCUT2D eigenvalue weighted by Crippen LogP contribution is 2.24. The molecule has 0 unspecified atom stereocenters. The Balaban J connectivity index is 1.41. The van der Waals surface area contributed by atoms with Crippen molar-refractivity contribution in [2.75, 3.05) is 5.32 Å². The number of aryl methyl sites for hydroxylation is 2. The Kier molecular flexibility index (Phi) is 7.30. The monoisotopic (exact) mass is 508 g/mol. The van der Waals surface area contributed by atoms with Crippen molar-refractivity contribution in [2.24, 2.45) is 0 Å². The number of nitro benzene ring substituents is 1. The van der Waals surface area contributed by atoms with Crippen molar-refractivity contribution in [3.8, 4) is 5.75 Å². The van der Waals surface area contributed by atoms with Gasteiger partial charge in [-0.2, -0.15) is 5.10 Å². The zero-order chi connectivity index (χ0) is 25.8. The van der Waals surface area contributed by atoms with Crippen LogP contribution in [-0.2, 0) is 13.2 Å². The summed E-state index contributed by atoms with van der Waals surface area (Å²) in [7, 11) is 0. The number of hydrogen-bond acceptors (Lipinski definition) is 5. The van der Waals surface area contributed by atoms with Crippen LogP contribution in [0.5, 0.6) is 5.75 Å². The van der Waals surface area contributed by atoms with Gasteiger partial charge in [-0.3, -0.25) is 19.6 Å². The van der Waals surface area contributed by atoms with Gasteiger partial charge in [-0.1, -0.05) is 29.8 Å². The third-order valence-electron chi connectivity index (χ3n) is 5.52. The first-order valence-corrected chi connectivity index (χ1v) is 11.3. The predicted octanol–water partition coefficient (Wildman–Crippen LogP) is 6.08. The Morgan fingerprint density at radius 3 is 2.67 bits per heavy atom. The number of nitro groups is 1. The Bertz CT molecular complexity index is 1450. The predicted molar refractivity (Wildman–Crippen MR) is 134 cm³/mol. The van der Waals surface area contributed by atoms with E-state index in [-0.39, 0.29) is 18.2 Å². The molecule has 1 heterocycles. The van der Waals surface area contributed by atoms with Crippen molar-refractivity contribution < 1.29 is 18.8 Å². The van der Waals surface area contributed by atoms with Gasteiger partial charge in [0.2, 0.25) is 0 Å². The van der Waals surface area contributed by atoms with Crippen LogP contribution < -0.4 is 10.1 Å². The first-order chi connectivity index (χ1) is 17.2. The number of amides is 1. The molecular weight excluding hydrogens is 487 g/mol. The number of carbonyl (C=O) groups excluding carboxylic acids is 1. The fraction of sp³-hybridized carbons (Fsp3) is 0.154. The second-order valence-electron chi connectivity index (χ2n) is 8.21. The van der Waals surface area contributed by atoms with E-state index >= 15 is 0 Å². The van der Waals surface area contributed by atoms with Crippen LogP contribution in [0.4, 0.5) is 15.9 Å². The molecule has 0 aliphatic carbocycles. The molecule has 3 aromatic carbocycles. The standard InChI is InChI=1S/C26H22ClFN4O4/c1-16-10-22(8-9-24(16)32(34)35)36-15-18-4-3-5-19(12-18)26(33)29-25-11-17(2)31(30-25)14-20-6-7-21(28)13-23(20)27/h3-13H,14-15H2,1-2H3,(H,29,30,33). The van der Waals surface area contributed by atoms with E-state index in [0.29, 0.717) is 39.8 Å². The molecule has 4 aromatic rings. The van der Waals surface area contributed by atoms with Crippen LogP contribution in [0.3, 0.4) is 0 Å². The average Bonchev–Trinajstić information content (AvgIpc) is 3.17. The molecule has 36 heavy (non-hydrogen) atoms. The number of halogens is 2. The van der Waals surface area contributed by atoms with Gasteiger partial charge >= 0.3 is 0 Å². The molecule has 1 N–H and O–H groups in total. The number of carbonyl (C=O) groups is 1. The van der Waals surface area contributed by atoms with Crippen molar-refractivity contribution in [3.63, 3.8) is 0 Å². The maximum atomic E-state index is 13.3. The van der Waals surface area contributed by atoms with Crippen LogP contribution in [0.1, 0.15) is 32.7 Å². The summed E-state index contributed by atoms with van der Waals surface area (Å²) >= 11 is 6.12. The van der Waals surface area contributed by atoms with Crippen LogP contribution in [0.25, 0.3) is 0 Å². The Labute approximate surface area is 211 Å². The van der Waals surface area contributed by atoms with E-state index in [1.165, 1.54) is 18.2 Å². The molecule has 0 bridgehead atoms. The number of hydrogen-bond donors (Lipinski definition) is 1. The maximum Gasteiger partial charge on any atom is 0.272 e. The summed E-state index contributed by atoms with van der Waals surface area (Å²) in [6, 6.07) is 17.4. The summed E-state index contributed by atoms with van der Waals surface area (Å²) in [6.45, 7) is 4.01. The van der Waals surface area contributed by atoms with E-state index in [1.54, 1.807) is 54.1 Å². The lowest BCUT2D eigenvalue weighted by molar-refractivity contribution is -0.385. The molecule has 0 spiro atoms. The van der Waals surface area contributed by atoms with Crippen molar-refractivity contribution in [3.05, 3.63) is 116 Å². The highest BCUT2D eigenvalue weighted by atomic mass is 35.5. The SMILES string of the molecule is Cc1cc(OCc2cccc(C(=O)Nc3cc(C)n(Cc4ccc(F)cc4Cl)n3)c2)ccc1[N+](=O)[O-]. The molecule has 0 radical (unpaired) electrons. The molecule has 10 heteroatoms. The third-order valence-corrected chi connectivity index (χ3v) is 5.87. The van der Waals surface area contributed by atoms with E-state index in [1.807, 2.05) is 13.0 Å². The van der Waals surface area contributed by atoms with Gasteiger partial charge < -0.3 is 10.1 Å². The summed E-state index contributed by atoms with van der Waals surface area (Å²) in [5.74, 6) is 0.117. The van der Waals surface area contributed by atoms with Crippen LogP contribution in [-0.4, -0.2) is 20.6 Å². The van der Waals surface area contributed by atoms with Gasteiger partial charge in [0.1, 0.15) is 18.2 Å². The number of ether oxygens (including phenoxy) is 1. The van der Waals surface area contributed by atoms with Crippen molar-refractivity contribution in [2.45, 2.75) is 27.0 Å². The number of anilines is 1. The van der Waals surface area contributed by atoms with E-state index in [4.69, 9.17) is 16.3 Å². The Morgan fingerprint density at radius 1 is 1.14 bits per heavy atom. The third kappa shape index (κ3) is 5.87. The fourth-order valence-electron chi connectivity index (χ4n) is 3.62. The number of nitrogens with one attached hydrogen (secondary N) is 1. The zero-order valence-corrected chi connectivity index (χ0v) is 20.3. The quantitative estimate of drug-likeness (QED) is 0.230.